The molecule has 1 saturated heterocycles. The van der Waals surface area contributed by atoms with Crippen molar-refractivity contribution in [2.75, 3.05) is 13.2 Å². The lowest BCUT2D eigenvalue weighted by atomic mass is 9.99. The largest absolute Gasteiger partial charge is 0.379 e. The van der Waals surface area contributed by atoms with E-state index in [0.717, 1.165) is 19.4 Å². The third-order valence-corrected chi connectivity index (χ3v) is 3.10. The van der Waals surface area contributed by atoms with Crippen LogP contribution in [0.5, 0.6) is 0 Å². The van der Waals surface area contributed by atoms with E-state index in [9.17, 15) is 4.79 Å². The zero-order valence-corrected chi connectivity index (χ0v) is 9.03. The average Bonchev–Trinajstić information content (AvgIpc) is 2.75. The van der Waals surface area contributed by atoms with E-state index < -0.39 is 0 Å². The molecule has 1 amide bonds. The molecule has 3 unspecified atom stereocenters. The van der Waals surface area contributed by atoms with Crippen molar-refractivity contribution in [1.82, 2.24) is 5.32 Å². The van der Waals surface area contributed by atoms with E-state index in [1.807, 2.05) is 19.1 Å². The number of nitrogens with one attached hydrogen (secondary N) is 1. The summed E-state index contributed by atoms with van der Waals surface area (Å²) in [6, 6.07) is 0.0355. The molecule has 0 spiro atoms. The van der Waals surface area contributed by atoms with E-state index in [1.165, 1.54) is 0 Å². The third-order valence-electron chi connectivity index (χ3n) is 3.10. The summed E-state index contributed by atoms with van der Waals surface area (Å²) in [5, 5.41) is 3.05. The number of ether oxygens (including phenoxy) is 1. The molecule has 0 aromatic heterocycles. The van der Waals surface area contributed by atoms with Crippen molar-refractivity contribution in [3.8, 4) is 0 Å². The maximum absolute atomic E-state index is 11.9. The lowest BCUT2D eigenvalue weighted by molar-refractivity contribution is -0.125. The van der Waals surface area contributed by atoms with Crippen LogP contribution in [-0.4, -0.2) is 30.7 Å². The van der Waals surface area contributed by atoms with E-state index in [0.29, 0.717) is 6.61 Å². The Morgan fingerprint density at radius 3 is 2.93 bits per heavy atom. The topological polar surface area (TPSA) is 64.4 Å². The van der Waals surface area contributed by atoms with Crippen LogP contribution in [0.3, 0.4) is 0 Å². The molecule has 4 heteroatoms. The zero-order valence-electron chi connectivity index (χ0n) is 9.03. The summed E-state index contributed by atoms with van der Waals surface area (Å²) in [7, 11) is 0. The molecular weight excluding hydrogens is 192 g/mol. The molecule has 0 radical (unpaired) electrons. The van der Waals surface area contributed by atoms with Gasteiger partial charge in [0, 0.05) is 12.6 Å². The van der Waals surface area contributed by atoms with Gasteiger partial charge in [0.15, 0.2) is 0 Å². The molecule has 3 atom stereocenters. The van der Waals surface area contributed by atoms with Crippen LogP contribution in [-0.2, 0) is 9.53 Å². The van der Waals surface area contributed by atoms with Crippen molar-refractivity contribution in [1.29, 1.82) is 0 Å². The second-order valence-electron chi connectivity index (χ2n) is 4.74. The summed E-state index contributed by atoms with van der Waals surface area (Å²) < 4.78 is 5.29. The van der Waals surface area contributed by atoms with E-state index in [4.69, 9.17) is 10.5 Å². The predicted octanol–water partition coefficient (Wildman–Crippen LogP) is 0.185. The van der Waals surface area contributed by atoms with Gasteiger partial charge < -0.3 is 15.8 Å². The second-order valence-corrected chi connectivity index (χ2v) is 4.74. The molecule has 4 nitrogen and oxygen atoms in total. The lowest BCUT2D eigenvalue weighted by Gasteiger charge is -2.25. The SMILES string of the molecule is CC1(NC(=O)C2C=CC(N)C2)CCOC1. The quantitative estimate of drug-likeness (QED) is 0.639. The molecule has 0 bridgehead atoms. The summed E-state index contributed by atoms with van der Waals surface area (Å²) in [4.78, 5) is 11.9. The molecular formula is C11H18N2O2. The van der Waals surface area contributed by atoms with Gasteiger partial charge in [0.25, 0.3) is 0 Å². The first-order chi connectivity index (χ1) is 7.09. The minimum Gasteiger partial charge on any atom is -0.379 e. The van der Waals surface area contributed by atoms with Crippen LogP contribution in [0.1, 0.15) is 19.8 Å². The molecule has 15 heavy (non-hydrogen) atoms. The van der Waals surface area contributed by atoms with Gasteiger partial charge in [0.1, 0.15) is 0 Å². The molecule has 3 N–H and O–H groups in total. The second kappa shape index (κ2) is 3.94. The van der Waals surface area contributed by atoms with Gasteiger partial charge in [0.05, 0.1) is 18.1 Å². The molecule has 0 saturated carbocycles. The molecule has 0 aromatic carbocycles. The van der Waals surface area contributed by atoms with Crippen molar-refractivity contribution >= 4 is 5.91 Å². The van der Waals surface area contributed by atoms with Crippen molar-refractivity contribution in [3.63, 3.8) is 0 Å². The summed E-state index contributed by atoms with van der Waals surface area (Å²) in [5.41, 5.74) is 5.53. The minimum absolute atomic E-state index is 0.0355. The van der Waals surface area contributed by atoms with Crippen LogP contribution >= 0.6 is 0 Å². The number of carbonyl (C=O) groups excluding carboxylic acids is 1. The first-order valence-corrected chi connectivity index (χ1v) is 5.43. The molecule has 84 valence electrons. The predicted molar refractivity (Wildman–Crippen MR) is 57.2 cm³/mol. The van der Waals surface area contributed by atoms with Crippen LogP contribution in [0.2, 0.25) is 0 Å². The Bertz CT molecular complexity index is 282. The lowest BCUT2D eigenvalue weighted by Crippen LogP contribution is -2.48. The van der Waals surface area contributed by atoms with Crippen LogP contribution in [0, 0.1) is 5.92 Å². The van der Waals surface area contributed by atoms with Crippen molar-refractivity contribution < 1.29 is 9.53 Å². The highest BCUT2D eigenvalue weighted by molar-refractivity contribution is 5.81. The molecule has 1 heterocycles. The van der Waals surface area contributed by atoms with E-state index in [1.54, 1.807) is 0 Å². The van der Waals surface area contributed by atoms with Gasteiger partial charge in [-0.3, -0.25) is 4.79 Å². The average molecular weight is 210 g/mol. The summed E-state index contributed by atoms with van der Waals surface area (Å²) in [5.74, 6) is 0.0182. The Kier molecular flexibility index (Phi) is 2.80. The van der Waals surface area contributed by atoms with Gasteiger partial charge in [-0.2, -0.15) is 0 Å². The summed E-state index contributed by atoms with van der Waals surface area (Å²) in [6.45, 7) is 3.37. The zero-order chi connectivity index (χ0) is 10.9. The fourth-order valence-corrected chi connectivity index (χ4v) is 2.08. The molecule has 0 aromatic rings. The van der Waals surface area contributed by atoms with Gasteiger partial charge >= 0.3 is 0 Å². The summed E-state index contributed by atoms with van der Waals surface area (Å²) in [6.07, 6.45) is 5.42. The van der Waals surface area contributed by atoms with Crippen molar-refractivity contribution in [3.05, 3.63) is 12.2 Å². The number of carbonyl (C=O) groups is 1. The number of hydrogen-bond donors (Lipinski definition) is 2. The highest BCUT2D eigenvalue weighted by Crippen LogP contribution is 2.21. The normalized spacial score (nSPS) is 39.6. The number of hydrogen-bond acceptors (Lipinski definition) is 3. The maximum Gasteiger partial charge on any atom is 0.227 e. The van der Waals surface area contributed by atoms with Gasteiger partial charge in [-0.25, -0.2) is 0 Å². The summed E-state index contributed by atoms with van der Waals surface area (Å²) >= 11 is 0. The fraction of sp³-hybridized carbons (Fsp3) is 0.727. The minimum atomic E-state index is -0.183. The number of rotatable bonds is 2. The van der Waals surface area contributed by atoms with E-state index in [-0.39, 0.29) is 23.4 Å². The van der Waals surface area contributed by atoms with Gasteiger partial charge in [-0.05, 0) is 19.8 Å². The fourth-order valence-electron chi connectivity index (χ4n) is 2.08. The highest BCUT2D eigenvalue weighted by atomic mass is 16.5. The smallest absolute Gasteiger partial charge is 0.227 e. The van der Waals surface area contributed by atoms with Gasteiger partial charge in [-0.15, -0.1) is 0 Å². The van der Waals surface area contributed by atoms with E-state index >= 15 is 0 Å². The Hall–Kier alpha value is -0.870. The van der Waals surface area contributed by atoms with Crippen LogP contribution < -0.4 is 11.1 Å². The van der Waals surface area contributed by atoms with Gasteiger partial charge in [0.2, 0.25) is 5.91 Å². The van der Waals surface area contributed by atoms with E-state index in [2.05, 4.69) is 5.32 Å². The number of nitrogens with two attached hydrogens (primary N) is 1. The first-order valence-electron chi connectivity index (χ1n) is 5.43. The molecule has 2 rings (SSSR count). The Morgan fingerprint density at radius 1 is 1.60 bits per heavy atom. The first kappa shape index (κ1) is 10.6. The van der Waals surface area contributed by atoms with Gasteiger partial charge in [-0.1, -0.05) is 12.2 Å². The van der Waals surface area contributed by atoms with Crippen molar-refractivity contribution in [2.24, 2.45) is 11.7 Å². The Labute approximate surface area is 89.9 Å². The molecule has 2 aliphatic rings. The Balaban J connectivity index is 1.89. The van der Waals surface area contributed by atoms with Crippen LogP contribution in [0.4, 0.5) is 0 Å². The molecule has 1 fully saturated rings. The molecule has 1 aliphatic carbocycles. The van der Waals surface area contributed by atoms with Crippen molar-refractivity contribution in [2.45, 2.75) is 31.3 Å². The van der Waals surface area contributed by atoms with Crippen LogP contribution in [0.25, 0.3) is 0 Å². The third kappa shape index (κ3) is 2.38. The monoisotopic (exact) mass is 210 g/mol. The highest BCUT2D eigenvalue weighted by Gasteiger charge is 2.33. The molecule has 1 aliphatic heterocycles. The van der Waals surface area contributed by atoms with Crippen LogP contribution in [0.15, 0.2) is 12.2 Å². The standard InChI is InChI=1S/C11H18N2O2/c1-11(4-5-15-7-11)13-10(14)8-2-3-9(12)6-8/h2-3,8-9H,4-7,12H2,1H3,(H,13,14). The Morgan fingerprint density at radius 2 is 2.40 bits per heavy atom. The maximum atomic E-state index is 11.9. The number of amides is 1.